The zero-order valence-electron chi connectivity index (χ0n) is 12.5. The maximum atomic E-state index is 5.79. The van der Waals surface area contributed by atoms with Gasteiger partial charge in [-0.05, 0) is 17.3 Å². The predicted molar refractivity (Wildman–Crippen MR) is 90.8 cm³/mol. The van der Waals surface area contributed by atoms with Crippen molar-refractivity contribution >= 4 is 33.6 Å². The van der Waals surface area contributed by atoms with Crippen LogP contribution in [0, 0.1) is 0 Å². The van der Waals surface area contributed by atoms with Crippen LogP contribution in [0.2, 0.25) is 0 Å². The molecule has 8 heteroatoms. The lowest BCUT2D eigenvalue weighted by molar-refractivity contribution is 0.0942. The molecule has 0 aromatic carbocycles. The third-order valence-corrected chi connectivity index (χ3v) is 5.46. The van der Waals surface area contributed by atoms with E-state index in [4.69, 9.17) is 9.47 Å². The molecule has 0 aliphatic carbocycles. The summed E-state index contributed by atoms with van der Waals surface area (Å²) >= 11 is 5.06. The third kappa shape index (κ3) is 4.04. The fourth-order valence-electron chi connectivity index (χ4n) is 2.68. The van der Waals surface area contributed by atoms with Crippen LogP contribution in [0.5, 0.6) is 0 Å². The molecule has 1 unspecified atom stereocenters. The fourth-order valence-corrected chi connectivity index (χ4v) is 3.72. The van der Waals surface area contributed by atoms with Crippen molar-refractivity contribution < 1.29 is 9.47 Å². The Morgan fingerprint density at radius 1 is 1.32 bits per heavy atom. The number of rotatable bonds is 6. The summed E-state index contributed by atoms with van der Waals surface area (Å²) < 4.78 is 14.4. The van der Waals surface area contributed by atoms with Gasteiger partial charge in [-0.15, -0.1) is 10.2 Å². The largest absolute Gasteiger partial charge is 0.378 e. The zero-order chi connectivity index (χ0) is 15.4. The summed E-state index contributed by atoms with van der Waals surface area (Å²) in [6, 6.07) is 0. The molecule has 2 aliphatic rings. The Labute approximate surface area is 143 Å². The summed E-state index contributed by atoms with van der Waals surface area (Å²) in [5.74, 6) is 1.72. The van der Waals surface area contributed by atoms with Crippen molar-refractivity contribution in [1.82, 2.24) is 14.8 Å². The number of halogens is 1. The van der Waals surface area contributed by atoms with Gasteiger partial charge in [-0.1, -0.05) is 34.3 Å². The normalized spacial score (nSPS) is 22.2. The van der Waals surface area contributed by atoms with Crippen molar-refractivity contribution in [2.24, 2.45) is 0 Å². The highest BCUT2D eigenvalue weighted by atomic mass is 79.9. The summed E-state index contributed by atoms with van der Waals surface area (Å²) in [5.41, 5.74) is 0. The number of hydrogen-bond acceptors (Lipinski definition) is 6. The van der Waals surface area contributed by atoms with Crippen LogP contribution in [-0.4, -0.2) is 59.5 Å². The van der Waals surface area contributed by atoms with E-state index in [1.54, 1.807) is 11.8 Å². The van der Waals surface area contributed by atoms with Crippen LogP contribution in [0.4, 0.5) is 5.95 Å². The van der Waals surface area contributed by atoms with E-state index in [9.17, 15) is 0 Å². The first-order chi connectivity index (χ1) is 10.7. The number of thioether (sulfide) groups is 1. The quantitative estimate of drug-likeness (QED) is 0.696. The number of ether oxygens (including phenoxy) is 2. The van der Waals surface area contributed by atoms with Gasteiger partial charge in [0.15, 0.2) is 5.16 Å². The molecule has 1 aromatic rings. The third-order valence-electron chi connectivity index (χ3n) is 3.76. The van der Waals surface area contributed by atoms with Crippen molar-refractivity contribution in [2.75, 3.05) is 43.6 Å². The molecule has 2 fully saturated rings. The second kappa shape index (κ2) is 7.81. The van der Waals surface area contributed by atoms with E-state index in [0.717, 1.165) is 73.6 Å². The minimum Gasteiger partial charge on any atom is -0.378 e. The number of nitrogens with zero attached hydrogens (tertiary/aromatic N) is 4. The molecule has 0 N–H and O–H groups in total. The first-order valence-electron chi connectivity index (χ1n) is 7.57. The minimum atomic E-state index is 0.266. The van der Waals surface area contributed by atoms with Gasteiger partial charge in [0.25, 0.3) is 0 Å². The number of morpholine rings is 1. The molecule has 122 valence electrons. The van der Waals surface area contributed by atoms with Gasteiger partial charge in [0, 0.05) is 25.4 Å². The van der Waals surface area contributed by atoms with Crippen molar-refractivity contribution in [1.29, 1.82) is 0 Å². The van der Waals surface area contributed by atoms with Crippen LogP contribution in [0.15, 0.2) is 16.2 Å². The summed E-state index contributed by atoms with van der Waals surface area (Å²) in [6.45, 7) is 8.77. The Kier molecular flexibility index (Phi) is 5.78. The van der Waals surface area contributed by atoms with Crippen LogP contribution < -0.4 is 4.90 Å². The average Bonchev–Trinajstić information content (AvgIpc) is 3.16. The number of anilines is 1. The Morgan fingerprint density at radius 3 is 2.82 bits per heavy atom. The van der Waals surface area contributed by atoms with E-state index in [0.29, 0.717) is 0 Å². The van der Waals surface area contributed by atoms with E-state index in [-0.39, 0.29) is 6.10 Å². The van der Waals surface area contributed by atoms with Crippen molar-refractivity contribution in [3.63, 3.8) is 0 Å². The maximum absolute atomic E-state index is 5.79. The molecule has 0 spiro atoms. The Bertz CT molecular complexity index is 513. The molecule has 0 bridgehead atoms. The van der Waals surface area contributed by atoms with Crippen LogP contribution in [0.1, 0.15) is 12.8 Å². The van der Waals surface area contributed by atoms with Gasteiger partial charge in [-0.2, -0.15) is 0 Å². The minimum absolute atomic E-state index is 0.266. The lowest BCUT2D eigenvalue weighted by atomic mass is 10.2. The van der Waals surface area contributed by atoms with Gasteiger partial charge >= 0.3 is 0 Å². The summed E-state index contributed by atoms with van der Waals surface area (Å²) in [4.78, 5) is 2.25. The standard InChI is InChI=1S/C14H21BrN4O2S/c1-11(15)10-22-14-17-16-13(18-4-7-20-8-5-18)19(14)9-12-3-2-6-21-12/h12H,1-10H2. The summed E-state index contributed by atoms with van der Waals surface area (Å²) in [6.07, 6.45) is 2.51. The first-order valence-corrected chi connectivity index (χ1v) is 9.35. The topological polar surface area (TPSA) is 52.4 Å². The van der Waals surface area contributed by atoms with Crippen molar-refractivity contribution in [2.45, 2.75) is 30.6 Å². The SMILES string of the molecule is C=C(Br)CSc1nnc(N2CCOCC2)n1CC1CCCO1. The molecule has 1 atom stereocenters. The molecule has 3 rings (SSSR count). The first kappa shape index (κ1) is 16.3. The Balaban J connectivity index is 1.78. The molecule has 6 nitrogen and oxygen atoms in total. The highest BCUT2D eigenvalue weighted by Gasteiger charge is 2.24. The zero-order valence-corrected chi connectivity index (χ0v) is 14.9. The van der Waals surface area contributed by atoms with Crippen molar-refractivity contribution in [3.8, 4) is 0 Å². The summed E-state index contributed by atoms with van der Waals surface area (Å²) in [7, 11) is 0. The van der Waals surface area contributed by atoms with Crippen LogP contribution in [0.25, 0.3) is 0 Å². The van der Waals surface area contributed by atoms with Gasteiger partial charge in [0.05, 0.1) is 25.9 Å². The molecule has 1 aromatic heterocycles. The molecular weight excluding hydrogens is 368 g/mol. The average molecular weight is 389 g/mol. The second-order valence-corrected chi connectivity index (χ2v) is 7.50. The van der Waals surface area contributed by atoms with Crippen LogP contribution in [0.3, 0.4) is 0 Å². The van der Waals surface area contributed by atoms with E-state index >= 15 is 0 Å². The monoisotopic (exact) mass is 388 g/mol. The molecule has 3 heterocycles. The van der Waals surface area contributed by atoms with Crippen LogP contribution >= 0.6 is 27.7 Å². The van der Waals surface area contributed by atoms with Gasteiger partial charge in [0.1, 0.15) is 0 Å². The lowest BCUT2D eigenvalue weighted by Crippen LogP contribution is -2.38. The molecular formula is C14H21BrN4O2S. The van der Waals surface area contributed by atoms with Crippen molar-refractivity contribution in [3.05, 3.63) is 11.1 Å². The highest BCUT2D eigenvalue weighted by Crippen LogP contribution is 2.27. The van der Waals surface area contributed by atoms with E-state index < -0.39 is 0 Å². The van der Waals surface area contributed by atoms with Gasteiger partial charge in [-0.25, -0.2) is 0 Å². The smallest absolute Gasteiger partial charge is 0.228 e. The molecule has 22 heavy (non-hydrogen) atoms. The molecule has 2 saturated heterocycles. The maximum Gasteiger partial charge on any atom is 0.228 e. The Morgan fingerprint density at radius 2 is 2.14 bits per heavy atom. The summed E-state index contributed by atoms with van der Waals surface area (Å²) in [5, 5.41) is 9.73. The van der Waals surface area contributed by atoms with Gasteiger partial charge in [0.2, 0.25) is 5.95 Å². The molecule has 2 aliphatic heterocycles. The second-order valence-electron chi connectivity index (χ2n) is 5.43. The van der Waals surface area contributed by atoms with E-state index in [1.165, 1.54) is 0 Å². The fraction of sp³-hybridized carbons (Fsp3) is 0.714. The highest BCUT2D eigenvalue weighted by molar-refractivity contribution is 9.11. The molecule has 0 amide bonds. The van der Waals surface area contributed by atoms with Gasteiger partial charge in [-0.3, -0.25) is 4.57 Å². The Hall–Kier alpha value is -0.570. The van der Waals surface area contributed by atoms with E-state index in [2.05, 4.69) is 42.2 Å². The van der Waals surface area contributed by atoms with Crippen LogP contribution in [-0.2, 0) is 16.0 Å². The molecule has 0 radical (unpaired) electrons. The van der Waals surface area contributed by atoms with Gasteiger partial charge < -0.3 is 14.4 Å². The molecule has 0 saturated carbocycles. The number of aromatic nitrogens is 3. The van der Waals surface area contributed by atoms with E-state index in [1.807, 2.05) is 0 Å². The predicted octanol–water partition coefficient (Wildman–Crippen LogP) is 2.29. The number of hydrogen-bond donors (Lipinski definition) is 0. The lowest BCUT2D eigenvalue weighted by Gasteiger charge is -2.28.